The van der Waals surface area contributed by atoms with Crippen molar-refractivity contribution in [1.29, 1.82) is 0 Å². The van der Waals surface area contributed by atoms with Crippen molar-refractivity contribution in [2.45, 2.75) is 25.5 Å². The Hall–Kier alpha value is -3.30. The van der Waals surface area contributed by atoms with Crippen molar-refractivity contribution in [2.75, 3.05) is 11.1 Å². The van der Waals surface area contributed by atoms with Crippen LogP contribution in [0.1, 0.15) is 16.7 Å². The highest BCUT2D eigenvalue weighted by Crippen LogP contribution is 2.23. The number of nitrogens with zero attached hydrogens (tertiary/aromatic N) is 4. The third-order valence-corrected chi connectivity index (χ3v) is 7.08. The maximum absolute atomic E-state index is 13.3. The number of fused-ring (bicyclic) bond motifs is 1. The summed E-state index contributed by atoms with van der Waals surface area (Å²) in [4.78, 5) is 43.3. The van der Waals surface area contributed by atoms with Gasteiger partial charge in [-0.2, -0.15) is 0 Å². The molecule has 4 aromatic rings. The zero-order chi connectivity index (χ0) is 24.6. The second-order valence-electron chi connectivity index (χ2n) is 8.05. The highest BCUT2D eigenvalue weighted by molar-refractivity contribution is 7.99. The van der Waals surface area contributed by atoms with Crippen molar-refractivity contribution in [3.8, 4) is 0 Å². The SMILES string of the molecule is Cc1cccc(C)c1NC(=O)CSc1nc2c(c(=O)n(Cc3ccccc3Cl)c(=O)n2C)n1C. The average Bonchev–Trinajstić information content (AvgIpc) is 3.14. The van der Waals surface area contributed by atoms with Gasteiger partial charge in [-0.25, -0.2) is 9.78 Å². The maximum atomic E-state index is 13.3. The number of anilines is 1. The molecule has 0 spiro atoms. The molecule has 2 heterocycles. The molecule has 4 rings (SSSR count). The number of nitrogens with one attached hydrogen (secondary N) is 1. The van der Waals surface area contributed by atoms with Gasteiger partial charge in [-0.1, -0.05) is 59.8 Å². The first-order valence-electron chi connectivity index (χ1n) is 10.6. The first-order chi connectivity index (χ1) is 16.2. The Morgan fingerprint density at radius 2 is 1.71 bits per heavy atom. The minimum atomic E-state index is -0.486. The zero-order valence-electron chi connectivity index (χ0n) is 19.3. The van der Waals surface area contributed by atoms with Gasteiger partial charge in [0.1, 0.15) is 0 Å². The van der Waals surface area contributed by atoms with Crippen LogP contribution in [-0.4, -0.2) is 30.3 Å². The topological polar surface area (TPSA) is 90.9 Å². The quantitative estimate of drug-likeness (QED) is 0.412. The number of benzene rings is 2. The van der Waals surface area contributed by atoms with E-state index in [9.17, 15) is 14.4 Å². The summed E-state index contributed by atoms with van der Waals surface area (Å²) in [5.74, 6) is -0.0772. The van der Waals surface area contributed by atoms with E-state index in [4.69, 9.17) is 11.6 Å². The summed E-state index contributed by atoms with van der Waals surface area (Å²) in [5.41, 5.74) is 3.04. The van der Waals surface area contributed by atoms with Crippen LogP contribution in [0.2, 0.25) is 5.02 Å². The van der Waals surface area contributed by atoms with Gasteiger partial charge in [0.25, 0.3) is 5.56 Å². The van der Waals surface area contributed by atoms with E-state index in [0.29, 0.717) is 15.7 Å². The van der Waals surface area contributed by atoms with E-state index in [0.717, 1.165) is 21.4 Å². The van der Waals surface area contributed by atoms with Crippen molar-refractivity contribution >= 4 is 46.1 Å². The number of hydrogen-bond acceptors (Lipinski definition) is 5. The van der Waals surface area contributed by atoms with E-state index in [1.165, 1.54) is 16.3 Å². The van der Waals surface area contributed by atoms with Gasteiger partial charge in [-0.3, -0.25) is 18.7 Å². The molecule has 0 aliphatic carbocycles. The molecule has 0 radical (unpaired) electrons. The number of imidazole rings is 1. The van der Waals surface area contributed by atoms with Gasteiger partial charge >= 0.3 is 5.69 Å². The minimum Gasteiger partial charge on any atom is -0.325 e. The summed E-state index contributed by atoms with van der Waals surface area (Å²) in [6, 6.07) is 12.9. The molecule has 2 aromatic carbocycles. The van der Waals surface area contributed by atoms with Crippen LogP contribution >= 0.6 is 23.4 Å². The summed E-state index contributed by atoms with van der Waals surface area (Å²) >= 11 is 7.44. The molecule has 0 fully saturated rings. The Labute approximate surface area is 205 Å². The van der Waals surface area contributed by atoms with E-state index in [1.807, 2.05) is 32.0 Å². The second-order valence-corrected chi connectivity index (χ2v) is 9.40. The molecule has 0 aliphatic rings. The van der Waals surface area contributed by atoms with E-state index < -0.39 is 11.2 Å². The van der Waals surface area contributed by atoms with Gasteiger partial charge in [-0.15, -0.1) is 0 Å². The molecule has 34 heavy (non-hydrogen) atoms. The molecule has 0 saturated heterocycles. The average molecular weight is 498 g/mol. The lowest BCUT2D eigenvalue weighted by atomic mass is 10.1. The minimum absolute atomic E-state index is 0.0486. The van der Waals surface area contributed by atoms with Crippen LogP contribution in [0.3, 0.4) is 0 Å². The van der Waals surface area contributed by atoms with E-state index in [-0.39, 0.29) is 29.4 Å². The van der Waals surface area contributed by atoms with Gasteiger partial charge in [0.2, 0.25) is 5.91 Å². The van der Waals surface area contributed by atoms with Crippen LogP contribution in [0.4, 0.5) is 5.69 Å². The zero-order valence-corrected chi connectivity index (χ0v) is 20.8. The fourth-order valence-electron chi connectivity index (χ4n) is 3.81. The second kappa shape index (κ2) is 9.52. The van der Waals surface area contributed by atoms with Crippen molar-refractivity contribution in [3.05, 3.63) is 85.0 Å². The lowest BCUT2D eigenvalue weighted by molar-refractivity contribution is -0.113. The molecule has 2 aromatic heterocycles. The monoisotopic (exact) mass is 497 g/mol. The standard InChI is InChI=1S/C24H24ClN5O3S/c1-14-8-7-9-15(2)19(14)26-18(31)13-34-23-27-21-20(28(23)3)22(32)30(24(33)29(21)4)12-16-10-5-6-11-17(16)25/h5-11H,12-13H2,1-4H3,(H,26,31). The van der Waals surface area contributed by atoms with Crippen molar-refractivity contribution < 1.29 is 4.79 Å². The van der Waals surface area contributed by atoms with E-state index in [2.05, 4.69) is 10.3 Å². The number of thioether (sulfide) groups is 1. The smallest absolute Gasteiger partial charge is 0.325 e. The van der Waals surface area contributed by atoms with E-state index in [1.54, 1.807) is 42.9 Å². The fourth-order valence-corrected chi connectivity index (χ4v) is 4.77. The van der Waals surface area contributed by atoms with Crippen molar-refractivity contribution in [2.24, 2.45) is 14.1 Å². The van der Waals surface area contributed by atoms with Gasteiger partial charge < -0.3 is 9.88 Å². The molecular formula is C24H24ClN5O3S. The first-order valence-corrected chi connectivity index (χ1v) is 11.9. The third-order valence-electron chi connectivity index (χ3n) is 5.68. The van der Waals surface area contributed by atoms with Crippen LogP contribution in [0.5, 0.6) is 0 Å². The molecule has 0 bridgehead atoms. The van der Waals surface area contributed by atoms with Crippen LogP contribution in [-0.2, 0) is 25.4 Å². The summed E-state index contributed by atoms with van der Waals surface area (Å²) < 4.78 is 4.11. The molecule has 1 amide bonds. The van der Waals surface area contributed by atoms with Crippen LogP contribution < -0.4 is 16.6 Å². The van der Waals surface area contributed by atoms with Crippen molar-refractivity contribution in [1.82, 2.24) is 18.7 Å². The predicted molar refractivity (Wildman–Crippen MR) is 136 cm³/mol. The van der Waals surface area contributed by atoms with Crippen LogP contribution in [0.15, 0.2) is 57.2 Å². The van der Waals surface area contributed by atoms with Gasteiger partial charge in [0.15, 0.2) is 16.3 Å². The molecule has 176 valence electrons. The summed E-state index contributed by atoms with van der Waals surface area (Å²) in [6.07, 6.45) is 0. The number of rotatable bonds is 6. The molecule has 10 heteroatoms. The van der Waals surface area contributed by atoms with Gasteiger partial charge in [0, 0.05) is 24.8 Å². The molecule has 8 nitrogen and oxygen atoms in total. The predicted octanol–water partition coefficient (Wildman–Crippen LogP) is 3.48. The lowest BCUT2D eigenvalue weighted by Gasteiger charge is -2.11. The van der Waals surface area contributed by atoms with Gasteiger partial charge in [0.05, 0.1) is 12.3 Å². The Kier molecular flexibility index (Phi) is 6.67. The Morgan fingerprint density at radius 3 is 2.38 bits per heavy atom. The number of amides is 1. The number of para-hydroxylation sites is 1. The largest absolute Gasteiger partial charge is 0.332 e. The molecule has 0 aliphatic heterocycles. The number of halogens is 1. The number of hydrogen-bond donors (Lipinski definition) is 1. The lowest BCUT2D eigenvalue weighted by Crippen LogP contribution is -2.39. The number of carbonyl (C=O) groups excluding carboxylic acids is 1. The number of aryl methyl sites for hydroxylation is 4. The van der Waals surface area contributed by atoms with Crippen LogP contribution in [0.25, 0.3) is 11.2 Å². The molecule has 0 unspecified atom stereocenters. The fraction of sp³-hybridized carbons (Fsp3) is 0.250. The summed E-state index contributed by atoms with van der Waals surface area (Å²) in [7, 11) is 3.27. The van der Waals surface area contributed by atoms with E-state index >= 15 is 0 Å². The summed E-state index contributed by atoms with van der Waals surface area (Å²) in [6.45, 7) is 3.93. The van der Waals surface area contributed by atoms with Crippen LogP contribution in [0, 0.1) is 13.8 Å². The normalized spacial score (nSPS) is 11.2. The first kappa shape index (κ1) is 23.8. The van der Waals surface area contributed by atoms with Gasteiger partial charge in [-0.05, 0) is 36.6 Å². The number of aromatic nitrogens is 4. The summed E-state index contributed by atoms with van der Waals surface area (Å²) in [5, 5.41) is 3.89. The molecule has 0 atom stereocenters. The molecule has 0 saturated carbocycles. The Balaban J connectivity index is 1.63. The van der Waals surface area contributed by atoms with Crippen molar-refractivity contribution in [3.63, 3.8) is 0 Å². The highest BCUT2D eigenvalue weighted by Gasteiger charge is 2.20. The molecule has 1 N–H and O–H groups in total. The maximum Gasteiger partial charge on any atom is 0.332 e. The highest BCUT2D eigenvalue weighted by atomic mass is 35.5. The Bertz CT molecular complexity index is 1520. The number of carbonyl (C=O) groups is 1. The molecular weight excluding hydrogens is 474 g/mol. The third kappa shape index (κ3) is 4.41. The Morgan fingerprint density at radius 1 is 1.03 bits per heavy atom.